The van der Waals surface area contributed by atoms with Crippen molar-refractivity contribution in [3.63, 3.8) is 0 Å². The number of nitrogens with two attached hydrogens (primary N) is 1. The number of imidazole rings is 1. The molecule has 0 spiro atoms. The molecule has 0 aliphatic heterocycles. The molecular weight excluding hydrogens is 466 g/mol. The lowest BCUT2D eigenvalue weighted by molar-refractivity contribution is 0.784. The van der Waals surface area contributed by atoms with Crippen LogP contribution >= 0.6 is 11.6 Å². The van der Waals surface area contributed by atoms with E-state index in [0.29, 0.717) is 5.70 Å². The summed E-state index contributed by atoms with van der Waals surface area (Å²) in [5.74, 6) is 0.771. The average molecular weight is 510 g/mol. The van der Waals surface area contributed by atoms with Crippen molar-refractivity contribution in [2.24, 2.45) is 5.73 Å². The Labute approximate surface area is 223 Å². The van der Waals surface area contributed by atoms with E-state index in [-0.39, 0.29) is 7.43 Å². The predicted molar refractivity (Wildman–Crippen MR) is 162 cm³/mol. The molecule has 0 bridgehead atoms. The third kappa shape index (κ3) is 9.67. The molecule has 0 saturated carbocycles. The quantitative estimate of drug-likeness (QED) is 0.234. The molecule has 196 valence electrons. The highest BCUT2D eigenvalue weighted by Crippen LogP contribution is 2.25. The largest absolute Gasteiger partial charge is 0.399 e. The Morgan fingerprint density at radius 1 is 1.19 bits per heavy atom. The first-order valence-electron chi connectivity index (χ1n) is 11.9. The standard InChI is InChI=1S/C20H27N5.C7H7Cl.C2H6.CH4/c1-6-9-23-17(8-10-22-5)16(7-2)20-24-18-12-15(14(4)21)11-13(3)19(18)25-20;1-6-3-2-4-7(8)5-6;1-2;/h7-8,10-12,22-23H,2,4,6,9,21H2,1,3,5H3,(H,24,25);2-5H,1H3;1-2H3;1H4/b10-8-,17-16-;;;. The molecule has 36 heavy (non-hydrogen) atoms. The van der Waals surface area contributed by atoms with E-state index in [9.17, 15) is 0 Å². The highest BCUT2D eigenvalue weighted by molar-refractivity contribution is 6.30. The Hall–Kier alpha value is -3.44. The maximum atomic E-state index is 5.84. The van der Waals surface area contributed by atoms with E-state index in [1.165, 1.54) is 5.56 Å². The van der Waals surface area contributed by atoms with Gasteiger partial charge in [-0.1, -0.05) is 71.2 Å². The molecule has 0 saturated heterocycles. The molecule has 3 aromatic rings. The number of benzene rings is 2. The van der Waals surface area contributed by atoms with Crippen molar-refractivity contribution < 1.29 is 0 Å². The molecule has 5 N–H and O–H groups in total. The summed E-state index contributed by atoms with van der Waals surface area (Å²) in [5.41, 5.74) is 13.3. The van der Waals surface area contributed by atoms with Gasteiger partial charge in [0.1, 0.15) is 5.82 Å². The molecule has 5 nitrogen and oxygen atoms in total. The van der Waals surface area contributed by atoms with E-state index in [1.807, 2.05) is 89.5 Å². The Kier molecular flexibility index (Phi) is 15.4. The first kappa shape index (κ1) is 32.6. The van der Waals surface area contributed by atoms with Crippen molar-refractivity contribution in [2.45, 2.75) is 48.5 Å². The number of nitrogens with one attached hydrogen (secondary N) is 3. The van der Waals surface area contributed by atoms with E-state index in [0.717, 1.165) is 57.2 Å². The molecule has 2 aromatic carbocycles. The van der Waals surface area contributed by atoms with Crippen molar-refractivity contribution >= 4 is 33.9 Å². The van der Waals surface area contributed by atoms with Crippen LogP contribution in [0.1, 0.15) is 57.1 Å². The Morgan fingerprint density at radius 2 is 1.89 bits per heavy atom. The van der Waals surface area contributed by atoms with Crippen LogP contribution in [-0.2, 0) is 0 Å². The summed E-state index contributed by atoms with van der Waals surface area (Å²) in [4.78, 5) is 8.16. The maximum absolute atomic E-state index is 5.84. The van der Waals surface area contributed by atoms with Crippen molar-refractivity contribution in [3.8, 4) is 0 Å². The minimum atomic E-state index is 0. The number of aromatic amines is 1. The van der Waals surface area contributed by atoms with Gasteiger partial charge in [-0.25, -0.2) is 4.98 Å². The Bertz CT molecular complexity index is 1150. The predicted octanol–water partition coefficient (Wildman–Crippen LogP) is 7.74. The first-order chi connectivity index (χ1) is 16.8. The molecule has 0 aliphatic rings. The van der Waals surface area contributed by atoms with Crippen molar-refractivity contribution in [1.82, 2.24) is 20.6 Å². The zero-order chi connectivity index (χ0) is 26.4. The first-order valence-corrected chi connectivity index (χ1v) is 12.3. The lowest BCUT2D eigenvalue weighted by Crippen LogP contribution is -2.15. The molecule has 0 atom stereocenters. The molecule has 0 radical (unpaired) electrons. The van der Waals surface area contributed by atoms with Crippen LogP contribution in [0.15, 0.2) is 73.6 Å². The lowest BCUT2D eigenvalue weighted by Gasteiger charge is -2.10. The third-order valence-electron chi connectivity index (χ3n) is 4.86. The second kappa shape index (κ2) is 17.1. The highest BCUT2D eigenvalue weighted by Gasteiger charge is 2.12. The van der Waals surface area contributed by atoms with Gasteiger partial charge in [-0.15, -0.1) is 0 Å². The summed E-state index contributed by atoms with van der Waals surface area (Å²) < 4.78 is 0. The monoisotopic (exact) mass is 509 g/mol. The fraction of sp³-hybridized carbons (Fsp3) is 0.300. The van der Waals surface area contributed by atoms with E-state index in [1.54, 1.807) is 0 Å². The van der Waals surface area contributed by atoms with Gasteiger partial charge < -0.3 is 21.4 Å². The lowest BCUT2D eigenvalue weighted by atomic mass is 10.1. The van der Waals surface area contributed by atoms with Crippen molar-refractivity contribution in [1.29, 1.82) is 0 Å². The van der Waals surface area contributed by atoms with Gasteiger partial charge in [-0.3, -0.25) is 0 Å². The van der Waals surface area contributed by atoms with E-state index >= 15 is 0 Å². The number of rotatable bonds is 8. The van der Waals surface area contributed by atoms with E-state index in [4.69, 9.17) is 22.3 Å². The Balaban J connectivity index is 0.000000938. The summed E-state index contributed by atoms with van der Waals surface area (Å²) in [6.45, 7) is 18.8. The molecule has 1 heterocycles. The number of allylic oxidation sites excluding steroid dienone is 3. The number of aromatic nitrogens is 2. The van der Waals surface area contributed by atoms with Crippen LogP contribution in [0.25, 0.3) is 22.3 Å². The summed E-state index contributed by atoms with van der Waals surface area (Å²) in [7, 11) is 1.87. The summed E-state index contributed by atoms with van der Waals surface area (Å²) in [6, 6.07) is 11.7. The molecule has 0 unspecified atom stereocenters. The van der Waals surface area contributed by atoms with Gasteiger partial charge in [0.15, 0.2) is 0 Å². The summed E-state index contributed by atoms with van der Waals surface area (Å²) >= 11 is 5.64. The molecule has 0 amide bonds. The SMILES string of the molecule is C.C=C/C(=C(\C=C/NC)NCCC)c1nc2c(C)cc(C(=C)N)cc2[nH]1.CC.Cc1cccc(Cl)c1. The number of nitrogens with zero attached hydrogens (tertiary/aromatic N) is 1. The molecule has 1 aromatic heterocycles. The molecular formula is C30H44ClN5. The number of aryl methyl sites for hydroxylation is 2. The van der Waals surface area contributed by atoms with Crippen LogP contribution in [0.5, 0.6) is 0 Å². The second-order valence-corrected chi connectivity index (χ2v) is 8.12. The van der Waals surface area contributed by atoms with Crippen LogP contribution in [0.2, 0.25) is 5.02 Å². The number of hydrogen-bond donors (Lipinski definition) is 4. The minimum Gasteiger partial charge on any atom is -0.399 e. The van der Waals surface area contributed by atoms with Crippen LogP contribution in [0.3, 0.4) is 0 Å². The van der Waals surface area contributed by atoms with Gasteiger partial charge >= 0.3 is 0 Å². The normalized spacial score (nSPS) is 10.8. The zero-order valence-corrected chi connectivity index (χ0v) is 22.7. The van der Waals surface area contributed by atoms with Gasteiger partial charge in [0.25, 0.3) is 0 Å². The molecule has 3 rings (SSSR count). The zero-order valence-electron chi connectivity index (χ0n) is 21.9. The second-order valence-electron chi connectivity index (χ2n) is 7.68. The van der Waals surface area contributed by atoms with Crippen LogP contribution in [0.4, 0.5) is 0 Å². The van der Waals surface area contributed by atoms with Crippen molar-refractivity contribution in [3.05, 3.63) is 101 Å². The highest BCUT2D eigenvalue weighted by atomic mass is 35.5. The average Bonchev–Trinajstić information content (AvgIpc) is 3.27. The van der Waals surface area contributed by atoms with E-state index < -0.39 is 0 Å². The minimum absolute atomic E-state index is 0. The fourth-order valence-corrected chi connectivity index (χ4v) is 3.46. The van der Waals surface area contributed by atoms with Gasteiger partial charge in [0.05, 0.1) is 11.0 Å². The Morgan fingerprint density at radius 3 is 2.39 bits per heavy atom. The molecule has 6 heteroatoms. The van der Waals surface area contributed by atoms with E-state index in [2.05, 4.69) is 35.7 Å². The van der Waals surface area contributed by atoms with Crippen LogP contribution < -0.4 is 16.4 Å². The number of H-pyrrole nitrogens is 1. The summed E-state index contributed by atoms with van der Waals surface area (Å²) in [6.07, 6.45) is 6.71. The van der Waals surface area contributed by atoms with Crippen LogP contribution in [0, 0.1) is 13.8 Å². The van der Waals surface area contributed by atoms with Crippen LogP contribution in [-0.4, -0.2) is 23.6 Å². The molecule has 0 fully saturated rings. The smallest absolute Gasteiger partial charge is 0.140 e. The third-order valence-corrected chi connectivity index (χ3v) is 5.09. The van der Waals surface area contributed by atoms with Gasteiger partial charge in [0, 0.05) is 35.6 Å². The number of hydrogen-bond acceptors (Lipinski definition) is 4. The maximum Gasteiger partial charge on any atom is 0.140 e. The van der Waals surface area contributed by atoms with Gasteiger partial charge in [0.2, 0.25) is 0 Å². The number of halogens is 1. The van der Waals surface area contributed by atoms with Gasteiger partial charge in [-0.05, 0) is 73.5 Å². The number of fused-ring (bicyclic) bond motifs is 1. The topological polar surface area (TPSA) is 78.8 Å². The molecule has 0 aliphatic carbocycles. The van der Waals surface area contributed by atoms with Crippen molar-refractivity contribution in [2.75, 3.05) is 13.6 Å². The van der Waals surface area contributed by atoms with Gasteiger partial charge in [-0.2, -0.15) is 0 Å². The fourth-order valence-electron chi connectivity index (χ4n) is 3.21. The summed E-state index contributed by atoms with van der Waals surface area (Å²) in [5, 5.41) is 7.26.